The number of amides is 2. The van der Waals surface area contributed by atoms with Crippen molar-refractivity contribution >= 4 is 17.8 Å². The predicted molar refractivity (Wildman–Crippen MR) is 97.2 cm³/mol. The summed E-state index contributed by atoms with van der Waals surface area (Å²) in [7, 11) is 0. The number of carboxylic acids is 1. The number of nitrogens with zero attached hydrogens (tertiary/aromatic N) is 1. The zero-order valence-corrected chi connectivity index (χ0v) is 15.4. The summed E-state index contributed by atoms with van der Waals surface area (Å²) in [5.74, 6) is -2.66. The maximum absolute atomic E-state index is 13.0. The van der Waals surface area contributed by atoms with Gasteiger partial charge in [-0.05, 0) is 24.6 Å². The summed E-state index contributed by atoms with van der Waals surface area (Å²) in [6.45, 7) is 1.17. The van der Waals surface area contributed by atoms with E-state index in [1.54, 1.807) is 12.1 Å². The van der Waals surface area contributed by atoms with Gasteiger partial charge in [0, 0.05) is 19.4 Å². The number of aliphatic hydroxyl groups is 2. The van der Waals surface area contributed by atoms with Crippen molar-refractivity contribution in [3.63, 3.8) is 0 Å². The van der Waals surface area contributed by atoms with Gasteiger partial charge in [0.15, 0.2) is 0 Å². The van der Waals surface area contributed by atoms with E-state index in [0.717, 1.165) is 4.90 Å². The molecule has 0 radical (unpaired) electrons. The maximum atomic E-state index is 13.0. The van der Waals surface area contributed by atoms with Crippen molar-refractivity contribution < 1.29 is 34.8 Å². The molecule has 1 fully saturated rings. The number of carbonyl (C=O) groups is 3. The van der Waals surface area contributed by atoms with Crippen LogP contribution in [-0.4, -0.2) is 80.0 Å². The SMILES string of the molecule is C[C@@H](O)[C@H](N)C(=O)N[C@@H](Cc1ccc(O)cc1)C(=O)N1C[C@H](O)C[C@H]1C(=O)O. The van der Waals surface area contributed by atoms with E-state index in [-0.39, 0.29) is 25.1 Å². The molecule has 154 valence electrons. The molecule has 0 aliphatic carbocycles. The molecule has 10 heteroatoms. The smallest absolute Gasteiger partial charge is 0.326 e. The van der Waals surface area contributed by atoms with Gasteiger partial charge >= 0.3 is 5.97 Å². The Bertz CT molecular complexity index is 722. The number of phenols is 1. The van der Waals surface area contributed by atoms with E-state index >= 15 is 0 Å². The minimum Gasteiger partial charge on any atom is -0.508 e. The third kappa shape index (κ3) is 5.18. The average molecular weight is 395 g/mol. The molecule has 1 aromatic carbocycles. The molecule has 0 spiro atoms. The fraction of sp³-hybridized carbons (Fsp3) is 0.500. The zero-order chi connectivity index (χ0) is 21.0. The monoisotopic (exact) mass is 395 g/mol. The van der Waals surface area contributed by atoms with Crippen LogP contribution in [-0.2, 0) is 20.8 Å². The molecule has 1 aromatic rings. The largest absolute Gasteiger partial charge is 0.508 e. The van der Waals surface area contributed by atoms with Crippen LogP contribution in [0.1, 0.15) is 18.9 Å². The highest BCUT2D eigenvalue weighted by Gasteiger charge is 2.41. The highest BCUT2D eigenvalue weighted by molar-refractivity contribution is 5.92. The standard InChI is InChI=1S/C18H25N3O7/c1-9(22)15(19)16(25)20-13(6-10-2-4-11(23)5-3-10)17(26)21-8-12(24)7-14(21)18(27)28/h2-5,9,12-15,22-24H,6-8,19H2,1H3,(H,20,25)(H,27,28)/t9-,12-,13+,14+,15+/m1/s1. The second kappa shape index (κ2) is 9.00. The minimum atomic E-state index is -1.27. The number of nitrogens with two attached hydrogens (primary N) is 1. The van der Waals surface area contributed by atoms with Crippen molar-refractivity contribution in [2.45, 2.75) is 50.1 Å². The quantitative estimate of drug-likeness (QED) is 0.313. The fourth-order valence-corrected chi connectivity index (χ4v) is 3.05. The topological polar surface area (TPSA) is 173 Å². The van der Waals surface area contributed by atoms with Crippen molar-refractivity contribution in [1.29, 1.82) is 0 Å². The minimum absolute atomic E-state index is 0.0102. The molecule has 2 rings (SSSR count). The Labute approximate surface area is 161 Å². The van der Waals surface area contributed by atoms with Crippen LogP contribution in [0.4, 0.5) is 0 Å². The number of likely N-dealkylation sites (tertiary alicyclic amines) is 1. The molecule has 1 aliphatic heterocycles. The second-order valence-electron chi connectivity index (χ2n) is 6.93. The van der Waals surface area contributed by atoms with Gasteiger partial charge in [0.05, 0.1) is 12.2 Å². The van der Waals surface area contributed by atoms with Crippen LogP contribution in [0, 0.1) is 0 Å². The first kappa shape index (κ1) is 21.6. The molecule has 10 nitrogen and oxygen atoms in total. The molecule has 7 N–H and O–H groups in total. The first-order valence-electron chi connectivity index (χ1n) is 8.83. The summed E-state index contributed by atoms with van der Waals surface area (Å²) in [6, 6.07) is 2.32. The molecular weight excluding hydrogens is 370 g/mol. The summed E-state index contributed by atoms with van der Waals surface area (Å²) in [6.07, 6.45) is -2.22. The number of rotatable bonds is 7. The first-order chi connectivity index (χ1) is 13.1. The molecule has 0 aromatic heterocycles. The Hall–Kier alpha value is -2.69. The number of hydrogen-bond donors (Lipinski definition) is 6. The van der Waals surface area contributed by atoms with Gasteiger partial charge in [-0.25, -0.2) is 4.79 Å². The number of nitrogens with one attached hydrogen (secondary N) is 1. The van der Waals surface area contributed by atoms with Gasteiger partial charge in [-0.1, -0.05) is 12.1 Å². The highest BCUT2D eigenvalue weighted by Crippen LogP contribution is 2.21. The van der Waals surface area contributed by atoms with Crippen LogP contribution in [0.3, 0.4) is 0 Å². The molecule has 0 saturated carbocycles. The summed E-state index contributed by atoms with van der Waals surface area (Å²) in [4.78, 5) is 37.7. The lowest BCUT2D eigenvalue weighted by molar-refractivity contribution is -0.149. The molecule has 1 aliphatic rings. The van der Waals surface area contributed by atoms with Crippen LogP contribution < -0.4 is 11.1 Å². The van der Waals surface area contributed by atoms with E-state index in [1.165, 1.54) is 19.1 Å². The van der Waals surface area contributed by atoms with Crippen molar-refractivity contribution in [3.05, 3.63) is 29.8 Å². The van der Waals surface area contributed by atoms with Crippen LogP contribution in [0.25, 0.3) is 0 Å². The highest BCUT2D eigenvalue weighted by atomic mass is 16.4. The van der Waals surface area contributed by atoms with Crippen LogP contribution >= 0.6 is 0 Å². The van der Waals surface area contributed by atoms with Gasteiger partial charge in [0.1, 0.15) is 23.9 Å². The van der Waals surface area contributed by atoms with E-state index in [0.29, 0.717) is 5.56 Å². The molecule has 0 bridgehead atoms. The number of hydrogen-bond acceptors (Lipinski definition) is 7. The third-order valence-electron chi connectivity index (χ3n) is 4.66. The third-order valence-corrected chi connectivity index (χ3v) is 4.66. The predicted octanol–water partition coefficient (Wildman–Crippen LogP) is -1.83. The molecule has 0 unspecified atom stereocenters. The van der Waals surface area contributed by atoms with Crippen molar-refractivity contribution in [2.24, 2.45) is 5.73 Å². The van der Waals surface area contributed by atoms with Crippen LogP contribution in [0.2, 0.25) is 0 Å². The second-order valence-corrected chi connectivity index (χ2v) is 6.93. The van der Waals surface area contributed by atoms with E-state index in [4.69, 9.17) is 5.73 Å². The van der Waals surface area contributed by atoms with Gasteiger partial charge in [-0.3, -0.25) is 9.59 Å². The molecule has 1 saturated heterocycles. The van der Waals surface area contributed by atoms with Crippen LogP contribution in [0.5, 0.6) is 5.75 Å². The Morgan fingerprint density at radius 2 is 1.89 bits per heavy atom. The Morgan fingerprint density at radius 1 is 1.29 bits per heavy atom. The van der Waals surface area contributed by atoms with Crippen molar-refractivity contribution in [2.75, 3.05) is 6.54 Å². The Balaban J connectivity index is 2.25. The van der Waals surface area contributed by atoms with Crippen molar-refractivity contribution in [1.82, 2.24) is 10.2 Å². The van der Waals surface area contributed by atoms with Crippen molar-refractivity contribution in [3.8, 4) is 5.75 Å². The number of aliphatic carboxylic acids is 1. The van der Waals surface area contributed by atoms with E-state index in [1.807, 2.05) is 0 Å². The number of phenolic OH excluding ortho intramolecular Hbond substituents is 1. The van der Waals surface area contributed by atoms with E-state index in [9.17, 15) is 34.8 Å². The number of benzene rings is 1. The fourth-order valence-electron chi connectivity index (χ4n) is 3.05. The summed E-state index contributed by atoms with van der Waals surface area (Å²) in [5.41, 5.74) is 6.22. The number of carbonyl (C=O) groups excluding carboxylic acids is 2. The maximum Gasteiger partial charge on any atom is 0.326 e. The van der Waals surface area contributed by atoms with Gasteiger partial charge in [0.25, 0.3) is 0 Å². The van der Waals surface area contributed by atoms with E-state index in [2.05, 4.69) is 5.32 Å². The van der Waals surface area contributed by atoms with E-state index < -0.39 is 48.1 Å². The lowest BCUT2D eigenvalue weighted by atomic mass is 10.0. The Kier molecular flexibility index (Phi) is 6.95. The Morgan fingerprint density at radius 3 is 2.43 bits per heavy atom. The molecule has 1 heterocycles. The van der Waals surface area contributed by atoms with Gasteiger partial charge < -0.3 is 36.4 Å². The summed E-state index contributed by atoms with van der Waals surface area (Å²) < 4.78 is 0. The zero-order valence-electron chi connectivity index (χ0n) is 15.4. The number of aliphatic hydroxyl groups excluding tert-OH is 2. The lowest BCUT2D eigenvalue weighted by Gasteiger charge is -2.28. The van der Waals surface area contributed by atoms with Gasteiger partial charge in [0.2, 0.25) is 11.8 Å². The van der Waals surface area contributed by atoms with Gasteiger partial charge in [-0.2, -0.15) is 0 Å². The molecule has 2 amide bonds. The van der Waals surface area contributed by atoms with Crippen LogP contribution in [0.15, 0.2) is 24.3 Å². The molecule has 5 atom stereocenters. The first-order valence-corrected chi connectivity index (χ1v) is 8.83. The number of carboxylic acid groups (broad SMARTS) is 1. The number of aromatic hydroxyl groups is 1. The normalized spacial score (nSPS) is 22.4. The lowest BCUT2D eigenvalue weighted by Crippen LogP contribution is -2.57. The summed E-state index contributed by atoms with van der Waals surface area (Å²) >= 11 is 0. The molecular formula is C18H25N3O7. The molecule has 28 heavy (non-hydrogen) atoms. The van der Waals surface area contributed by atoms with Gasteiger partial charge in [-0.15, -0.1) is 0 Å². The number of β-amino-alcohol motifs (C(OH)–C–C–N with tert-alkyl or cyclic N) is 1. The summed E-state index contributed by atoms with van der Waals surface area (Å²) in [5, 5.41) is 40.5. The average Bonchev–Trinajstić information content (AvgIpc) is 3.03.